The van der Waals surface area contributed by atoms with Crippen molar-refractivity contribution < 1.29 is 16.8 Å². The zero-order chi connectivity index (χ0) is 23.8. The van der Waals surface area contributed by atoms with Gasteiger partial charge in [-0.1, -0.05) is 42.0 Å². The zero-order valence-corrected chi connectivity index (χ0v) is 21.1. The Morgan fingerprint density at radius 2 is 1.67 bits per heavy atom. The number of hydrogen-bond donors (Lipinski definition) is 0. The van der Waals surface area contributed by atoms with Crippen molar-refractivity contribution in [3.05, 3.63) is 65.5 Å². The van der Waals surface area contributed by atoms with Crippen LogP contribution in [0.3, 0.4) is 0 Å². The van der Waals surface area contributed by atoms with Gasteiger partial charge in [-0.3, -0.25) is 0 Å². The third kappa shape index (κ3) is 5.11. The van der Waals surface area contributed by atoms with E-state index in [1.165, 1.54) is 39.6 Å². The molecule has 3 aromatic rings. The fraction of sp³-hybridized carbons (Fsp3) is 0.364. The van der Waals surface area contributed by atoms with Crippen LogP contribution in [-0.2, 0) is 26.3 Å². The van der Waals surface area contributed by atoms with Crippen LogP contribution in [0, 0.1) is 6.92 Å². The van der Waals surface area contributed by atoms with Crippen molar-refractivity contribution in [2.75, 3.05) is 30.8 Å². The summed E-state index contributed by atoms with van der Waals surface area (Å²) in [6.07, 6.45) is 1.66. The molecule has 0 aliphatic carbocycles. The summed E-state index contributed by atoms with van der Waals surface area (Å²) in [5.74, 6) is 0.739. The van der Waals surface area contributed by atoms with E-state index in [1.54, 1.807) is 6.07 Å². The fourth-order valence-corrected chi connectivity index (χ4v) is 7.84. The van der Waals surface area contributed by atoms with Crippen LogP contribution in [0.15, 0.2) is 58.3 Å². The van der Waals surface area contributed by atoms with E-state index in [4.69, 9.17) is 0 Å². The Labute approximate surface area is 199 Å². The topological polar surface area (TPSA) is 101 Å². The van der Waals surface area contributed by atoms with Crippen LogP contribution < -0.4 is 4.90 Å². The highest BCUT2D eigenvalue weighted by molar-refractivity contribution is 7.93. The number of piperazine rings is 1. The Balaban J connectivity index is 1.50. The van der Waals surface area contributed by atoms with Gasteiger partial charge in [-0.05, 0) is 31.5 Å². The number of nitrogens with zero attached hydrogens (tertiary/aromatic N) is 4. The maximum absolute atomic E-state index is 13.4. The molecule has 0 bridgehead atoms. The molecule has 1 aromatic heterocycles. The van der Waals surface area contributed by atoms with Crippen LogP contribution >= 0.6 is 11.5 Å². The van der Waals surface area contributed by atoms with Crippen LogP contribution in [0.5, 0.6) is 0 Å². The third-order valence-corrected chi connectivity index (χ3v) is 9.78. The fourth-order valence-electron chi connectivity index (χ4n) is 3.90. The first kappa shape index (κ1) is 23.8. The Kier molecular flexibility index (Phi) is 6.59. The van der Waals surface area contributed by atoms with Gasteiger partial charge in [-0.2, -0.15) is 8.68 Å². The van der Waals surface area contributed by atoms with Crippen molar-refractivity contribution in [3.8, 4) is 0 Å². The van der Waals surface area contributed by atoms with Crippen molar-refractivity contribution in [1.29, 1.82) is 0 Å². The Hall–Kier alpha value is -2.34. The van der Waals surface area contributed by atoms with Crippen LogP contribution in [0.2, 0.25) is 0 Å². The molecule has 0 radical (unpaired) electrons. The Morgan fingerprint density at radius 3 is 2.30 bits per heavy atom. The lowest BCUT2D eigenvalue weighted by Crippen LogP contribution is -2.54. The molecule has 1 atom stereocenters. The molecule has 176 valence electrons. The summed E-state index contributed by atoms with van der Waals surface area (Å²) < 4.78 is 56.9. The molecular formula is C22H26N4O4S3. The smallest absolute Gasteiger partial charge is 0.244 e. The molecule has 2 heterocycles. The SMILES string of the molecule is Cc1ccc(Cc2nsc(N3CCN(S(=O)(=O)c4ccccc4S(C)(=O)=O)C(C)C3)n2)cc1. The monoisotopic (exact) mass is 506 g/mol. The van der Waals surface area contributed by atoms with Gasteiger partial charge >= 0.3 is 0 Å². The minimum Gasteiger partial charge on any atom is -0.344 e. The molecule has 0 saturated carbocycles. The highest BCUT2D eigenvalue weighted by Crippen LogP contribution is 2.29. The zero-order valence-electron chi connectivity index (χ0n) is 18.7. The molecule has 1 unspecified atom stereocenters. The standard InChI is InChI=1S/C22H26N4O4S3/c1-16-8-10-18(11-9-16)14-21-23-22(31-24-21)25-12-13-26(17(2)15-25)33(29,30)20-7-5-4-6-19(20)32(3,27)28/h4-11,17H,12-15H2,1-3H3. The van der Waals surface area contributed by atoms with Crippen molar-refractivity contribution in [1.82, 2.24) is 13.7 Å². The van der Waals surface area contributed by atoms with E-state index >= 15 is 0 Å². The molecule has 0 spiro atoms. The second-order valence-corrected chi connectivity index (χ2v) is 12.9. The number of hydrogen-bond acceptors (Lipinski definition) is 8. The maximum atomic E-state index is 13.4. The van der Waals surface area contributed by atoms with Gasteiger partial charge in [0.2, 0.25) is 15.2 Å². The van der Waals surface area contributed by atoms with E-state index in [-0.39, 0.29) is 22.4 Å². The lowest BCUT2D eigenvalue weighted by atomic mass is 10.1. The summed E-state index contributed by atoms with van der Waals surface area (Å²) in [6.45, 7) is 4.99. The molecule has 0 N–H and O–H groups in total. The summed E-state index contributed by atoms with van der Waals surface area (Å²) in [5.41, 5.74) is 2.34. The van der Waals surface area contributed by atoms with E-state index in [0.29, 0.717) is 19.5 Å². The number of aryl methyl sites for hydroxylation is 1. The molecule has 8 nitrogen and oxygen atoms in total. The van der Waals surface area contributed by atoms with E-state index < -0.39 is 19.9 Å². The summed E-state index contributed by atoms with van der Waals surface area (Å²) in [6, 6.07) is 13.7. The number of sulfonamides is 1. The molecule has 1 aliphatic heterocycles. The highest BCUT2D eigenvalue weighted by Gasteiger charge is 2.36. The summed E-state index contributed by atoms with van der Waals surface area (Å²) >= 11 is 1.31. The van der Waals surface area contributed by atoms with Crippen LogP contribution in [0.1, 0.15) is 23.9 Å². The lowest BCUT2D eigenvalue weighted by molar-refractivity contribution is 0.306. The van der Waals surface area contributed by atoms with E-state index in [0.717, 1.165) is 22.8 Å². The quantitative estimate of drug-likeness (QED) is 0.507. The number of benzene rings is 2. The molecule has 1 saturated heterocycles. The van der Waals surface area contributed by atoms with Gasteiger partial charge in [0.15, 0.2) is 9.84 Å². The lowest BCUT2D eigenvalue weighted by Gasteiger charge is -2.38. The summed E-state index contributed by atoms with van der Waals surface area (Å²) in [5, 5.41) is 0.762. The van der Waals surface area contributed by atoms with E-state index in [2.05, 4.69) is 33.6 Å². The molecule has 1 fully saturated rings. The van der Waals surface area contributed by atoms with Crippen molar-refractivity contribution in [3.63, 3.8) is 0 Å². The Bertz CT molecular complexity index is 1350. The van der Waals surface area contributed by atoms with E-state index in [1.807, 2.05) is 18.7 Å². The highest BCUT2D eigenvalue weighted by atomic mass is 32.2. The minimum atomic E-state index is -3.97. The van der Waals surface area contributed by atoms with Crippen LogP contribution in [-0.4, -0.2) is 62.4 Å². The van der Waals surface area contributed by atoms with Gasteiger partial charge in [-0.25, -0.2) is 21.8 Å². The Morgan fingerprint density at radius 1 is 1.00 bits per heavy atom. The predicted octanol–water partition coefficient (Wildman–Crippen LogP) is 2.74. The largest absolute Gasteiger partial charge is 0.344 e. The average molecular weight is 507 g/mol. The van der Waals surface area contributed by atoms with Gasteiger partial charge in [0.25, 0.3) is 0 Å². The number of aromatic nitrogens is 2. The first-order valence-electron chi connectivity index (χ1n) is 10.5. The molecular weight excluding hydrogens is 480 g/mol. The average Bonchev–Trinajstić information content (AvgIpc) is 3.23. The van der Waals surface area contributed by atoms with Gasteiger partial charge in [0.05, 0.1) is 4.90 Å². The van der Waals surface area contributed by atoms with Crippen molar-refractivity contribution in [2.24, 2.45) is 0 Å². The van der Waals surface area contributed by atoms with Crippen LogP contribution in [0.25, 0.3) is 0 Å². The summed E-state index contributed by atoms with van der Waals surface area (Å²) in [4.78, 5) is 6.35. The van der Waals surface area contributed by atoms with Gasteiger partial charge in [0, 0.05) is 49.9 Å². The van der Waals surface area contributed by atoms with E-state index in [9.17, 15) is 16.8 Å². The number of rotatable bonds is 6. The normalized spacial score (nSPS) is 17.9. The molecule has 33 heavy (non-hydrogen) atoms. The molecule has 0 amide bonds. The second-order valence-electron chi connectivity index (χ2n) is 8.29. The molecule has 2 aromatic carbocycles. The van der Waals surface area contributed by atoms with Crippen LogP contribution in [0.4, 0.5) is 5.13 Å². The van der Waals surface area contributed by atoms with Crippen molar-refractivity contribution in [2.45, 2.75) is 36.1 Å². The third-order valence-electron chi connectivity index (χ3n) is 5.61. The number of sulfone groups is 1. The van der Waals surface area contributed by atoms with Gasteiger partial charge in [-0.15, -0.1) is 0 Å². The van der Waals surface area contributed by atoms with Gasteiger partial charge < -0.3 is 4.90 Å². The molecule has 4 rings (SSSR count). The molecule has 1 aliphatic rings. The summed E-state index contributed by atoms with van der Waals surface area (Å²) in [7, 11) is -7.66. The van der Waals surface area contributed by atoms with Crippen molar-refractivity contribution >= 4 is 36.5 Å². The first-order valence-corrected chi connectivity index (χ1v) is 14.6. The molecule has 11 heteroatoms. The van der Waals surface area contributed by atoms with Gasteiger partial charge in [0.1, 0.15) is 10.7 Å². The first-order chi connectivity index (χ1) is 15.6. The minimum absolute atomic E-state index is 0.176. The number of anilines is 1. The predicted molar refractivity (Wildman–Crippen MR) is 129 cm³/mol. The second kappa shape index (κ2) is 9.13. The maximum Gasteiger partial charge on any atom is 0.244 e.